The Hall–Kier alpha value is -2.23. The van der Waals surface area contributed by atoms with E-state index in [1.165, 1.54) is 0 Å². The SMILES string of the molecule is CC(C)(OP(=O)(O)O)C(c1ccccc1)(c1ccccc1)c1ccccc1. The molecule has 0 amide bonds. The second-order valence-corrected chi connectivity index (χ2v) is 8.10. The topological polar surface area (TPSA) is 66.8 Å². The summed E-state index contributed by atoms with van der Waals surface area (Å²) in [6.45, 7) is 3.44. The van der Waals surface area contributed by atoms with Crippen LogP contribution in [0.25, 0.3) is 0 Å². The van der Waals surface area contributed by atoms with Crippen molar-refractivity contribution < 1.29 is 18.9 Å². The van der Waals surface area contributed by atoms with Crippen molar-refractivity contribution in [3.63, 3.8) is 0 Å². The molecule has 0 heterocycles. The molecule has 0 saturated heterocycles. The predicted octanol–water partition coefficient (Wildman–Crippen LogP) is 4.91. The Labute approximate surface area is 159 Å². The third-order valence-corrected chi connectivity index (χ3v) is 5.56. The monoisotopic (exact) mass is 382 g/mol. The van der Waals surface area contributed by atoms with E-state index in [-0.39, 0.29) is 0 Å². The van der Waals surface area contributed by atoms with Crippen molar-refractivity contribution in [2.75, 3.05) is 0 Å². The molecule has 0 saturated carbocycles. The van der Waals surface area contributed by atoms with Crippen molar-refractivity contribution >= 4 is 7.82 Å². The molecular formula is C22H23O4P. The first-order valence-corrected chi connectivity index (χ1v) is 10.2. The Kier molecular flexibility index (Phi) is 5.36. The summed E-state index contributed by atoms with van der Waals surface area (Å²) in [5.41, 5.74) is 0.483. The summed E-state index contributed by atoms with van der Waals surface area (Å²) in [6.07, 6.45) is 0. The van der Waals surface area contributed by atoms with Gasteiger partial charge >= 0.3 is 7.82 Å². The van der Waals surface area contributed by atoms with Crippen LogP contribution < -0.4 is 0 Å². The van der Waals surface area contributed by atoms with E-state index in [0.717, 1.165) is 16.7 Å². The Morgan fingerprint density at radius 1 is 0.667 bits per heavy atom. The highest BCUT2D eigenvalue weighted by molar-refractivity contribution is 7.46. The van der Waals surface area contributed by atoms with E-state index >= 15 is 0 Å². The molecule has 140 valence electrons. The lowest BCUT2D eigenvalue weighted by Gasteiger charge is -2.47. The van der Waals surface area contributed by atoms with E-state index in [1.807, 2.05) is 91.0 Å². The van der Waals surface area contributed by atoms with Crippen LogP contribution in [0, 0.1) is 0 Å². The van der Waals surface area contributed by atoms with Crippen LogP contribution in [0.5, 0.6) is 0 Å². The van der Waals surface area contributed by atoms with Crippen LogP contribution in [0.3, 0.4) is 0 Å². The van der Waals surface area contributed by atoms with Gasteiger partial charge in [-0.25, -0.2) is 4.57 Å². The van der Waals surface area contributed by atoms with Crippen LogP contribution in [-0.4, -0.2) is 15.4 Å². The van der Waals surface area contributed by atoms with Gasteiger partial charge in [0.05, 0.1) is 11.0 Å². The van der Waals surface area contributed by atoms with E-state index in [4.69, 9.17) is 4.52 Å². The lowest BCUT2D eigenvalue weighted by Crippen LogP contribution is -2.50. The average molecular weight is 382 g/mol. The minimum atomic E-state index is -4.75. The molecule has 2 N–H and O–H groups in total. The molecule has 3 aromatic rings. The van der Waals surface area contributed by atoms with Gasteiger partial charge in [0.2, 0.25) is 0 Å². The van der Waals surface area contributed by atoms with Crippen LogP contribution in [-0.2, 0) is 14.5 Å². The van der Waals surface area contributed by atoms with Gasteiger partial charge in [0.25, 0.3) is 0 Å². The molecule has 0 aromatic heterocycles. The second kappa shape index (κ2) is 7.41. The zero-order valence-corrected chi connectivity index (χ0v) is 16.2. The molecule has 3 rings (SSSR count). The fraction of sp³-hybridized carbons (Fsp3) is 0.182. The Morgan fingerprint density at radius 2 is 0.963 bits per heavy atom. The minimum Gasteiger partial charge on any atom is -0.303 e. The fourth-order valence-electron chi connectivity index (χ4n) is 3.97. The second-order valence-electron chi connectivity index (χ2n) is 6.94. The number of phosphoric ester groups is 1. The third-order valence-electron chi connectivity index (χ3n) is 4.87. The quantitative estimate of drug-likeness (QED) is 0.470. The zero-order valence-electron chi connectivity index (χ0n) is 15.3. The highest BCUT2D eigenvalue weighted by atomic mass is 31.2. The van der Waals surface area contributed by atoms with E-state index in [2.05, 4.69) is 0 Å². The van der Waals surface area contributed by atoms with Gasteiger partial charge in [0.1, 0.15) is 0 Å². The maximum atomic E-state index is 11.9. The molecule has 0 fully saturated rings. The van der Waals surface area contributed by atoms with Crippen LogP contribution >= 0.6 is 7.82 Å². The maximum Gasteiger partial charge on any atom is 0.470 e. The molecular weight excluding hydrogens is 359 g/mol. The van der Waals surface area contributed by atoms with Crippen LogP contribution in [0.1, 0.15) is 30.5 Å². The van der Waals surface area contributed by atoms with E-state index in [0.29, 0.717) is 0 Å². The van der Waals surface area contributed by atoms with Gasteiger partial charge in [-0.15, -0.1) is 0 Å². The summed E-state index contributed by atoms with van der Waals surface area (Å²) in [4.78, 5) is 19.3. The first-order valence-electron chi connectivity index (χ1n) is 8.70. The smallest absolute Gasteiger partial charge is 0.303 e. The molecule has 0 atom stereocenters. The van der Waals surface area contributed by atoms with Gasteiger partial charge < -0.3 is 9.79 Å². The van der Waals surface area contributed by atoms with Crippen LogP contribution in [0.2, 0.25) is 0 Å². The van der Waals surface area contributed by atoms with Gasteiger partial charge in [0, 0.05) is 0 Å². The molecule has 0 aliphatic heterocycles. The van der Waals surface area contributed by atoms with E-state index in [1.54, 1.807) is 13.8 Å². The van der Waals surface area contributed by atoms with Crippen LogP contribution in [0.4, 0.5) is 0 Å². The summed E-state index contributed by atoms with van der Waals surface area (Å²) in [6, 6.07) is 29.1. The summed E-state index contributed by atoms with van der Waals surface area (Å²) >= 11 is 0. The highest BCUT2D eigenvalue weighted by Gasteiger charge is 2.52. The van der Waals surface area contributed by atoms with Gasteiger partial charge in [-0.05, 0) is 30.5 Å². The summed E-state index contributed by atoms with van der Waals surface area (Å²) in [5.74, 6) is 0. The lowest BCUT2D eigenvalue weighted by molar-refractivity contribution is 0.0241. The lowest BCUT2D eigenvalue weighted by atomic mass is 9.60. The predicted molar refractivity (Wildman–Crippen MR) is 106 cm³/mol. The van der Waals surface area contributed by atoms with Crippen molar-refractivity contribution in [1.82, 2.24) is 0 Å². The average Bonchev–Trinajstić information content (AvgIpc) is 2.63. The summed E-state index contributed by atoms with van der Waals surface area (Å²) in [5, 5.41) is 0. The summed E-state index contributed by atoms with van der Waals surface area (Å²) in [7, 11) is -4.75. The minimum absolute atomic E-state index is 0.890. The third kappa shape index (κ3) is 3.76. The van der Waals surface area contributed by atoms with Gasteiger partial charge in [-0.3, -0.25) is 4.52 Å². The van der Waals surface area contributed by atoms with Crippen molar-refractivity contribution in [2.24, 2.45) is 0 Å². The van der Waals surface area contributed by atoms with Gasteiger partial charge in [-0.1, -0.05) is 91.0 Å². The maximum absolute atomic E-state index is 11.9. The number of hydrogen-bond donors (Lipinski definition) is 2. The number of benzene rings is 3. The molecule has 0 aliphatic rings. The first-order chi connectivity index (χ1) is 12.8. The molecule has 0 spiro atoms. The Balaban J connectivity index is 2.42. The molecule has 4 nitrogen and oxygen atoms in total. The molecule has 27 heavy (non-hydrogen) atoms. The number of hydrogen-bond acceptors (Lipinski definition) is 2. The van der Waals surface area contributed by atoms with E-state index < -0.39 is 18.8 Å². The van der Waals surface area contributed by atoms with Crippen molar-refractivity contribution in [1.29, 1.82) is 0 Å². The van der Waals surface area contributed by atoms with Gasteiger partial charge in [-0.2, -0.15) is 0 Å². The standard InChI is InChI=1S/C22H23O4P/c1-21(2,26-27(23,24)25)22(18-12-6-3-7-13-18,19-14-8-4-9-15-19)20-16-10-5-11-17-20/h3-17H,1-2H3,(H2,23,24,25). The molecule has 0 radical (unpaired) electrons. The first kappa shape index (κ1) is 19.5. The van der Waals surface area contributed by atoms with Crippen molar-refractivity contribution in [2.45, 2.75) is 24.9 Å². The van der Waals surface area contributed by atoms with Crippen molar-refractivity contribution in [3.8, 4) is 0 Å². The van der Waals surface area contributed by atoms with Crippen LogP contribution in [0.15, 0.2) is 91.0 Å². The Morgan fingerprint density at radius 3 is 1.22 bits per heavy atom. The highest BCUT2D eigenvalue weighted by Crippen LogP contribution is 2.54. The van der Waals surface area contributed by atoms with E-state index in [9.17, 15) is 14.4 Å². The molecule has 0 bridgehead atoms. The normalized spacial score (nSPS) is 12.7. The number of rotatable bonds is 6. The number of phosphoric acid groups is 1. The Bertz CT molecular complexity index is 822. The molecule has 5 heteroatoms. The molecule has 0 aliphatic carbocycles. The van der Waals surface area contributed by atoms with Crippen molar-refractivity contribution in [3.05, 3.63) is 108 Å². The molecule has 3 aromatic carbocycles. The van der Waals surface area contributed by atoms with Gasteiger partial charge in [0.15, 0.2) is 0 Å². The molecule has 0 unspecified atom stereocenters. The zero-order chi connectivity index (χ0) is 19.5. The summed E-state index contributed by atoms with van der Waals surface area (Å²) < 4.78 is 17.3. The largest absolute Gasteiger partial charge is 0.470 e. The fourth-order valence-corrected chi connectivity index (χ4v) is 4.70.